The lowest BCUT2D eigenvalue weighted by Gasteiger charge is -2.03. The standard InChI is InChI=1S/C8H14N4/c1-2-3-8(4-5-9)12-7-10-6-11-12/h4,6-7H,2-3,5,9H2,1H3. The number of nitrogens with two attached hydrogens (primary N) is 1. The van der Waals surface area contributed by atoms with Gasteiger partial charge < -0.3 is 5.73 Å². The average Bonchev–Trinajstić information content (AvgIpc) is 2.56. The van der Waals surface area contributed by atoms with Gasteiger partial charge in [0.25, 0.3) is 0 Å². The van der Waals surface area contributed by atoms with Crippen LogP contribution in [-0.2, 0) is 0 Å². The summed E-state index contributed by atoms with van der Waals surface area (Å²) in [5.41, 5.74) is 6.55. The van der Waals surface area contributed by atoms with E-state index in [1.54, 1.807) is 11.0 Å². The highest BCUT2D eigenvalue weighted by Gasteiger charge is 1.97. The van der Waals surface area contributed by atoms with Crippen molar-refractivity contribution in [1.82, 2.24) is 14.8 Å². The van der Waals surface area contributed by atoms with Crippen molar-refractivity contribution in [2.45, 2.75) is 19.8 Å². The summed E-state index contributed by atoms with van der Waals surface area (Å²) in [5, 5.41) is 4.04. The summed E-state index contributed by atoms with van der Waals surface area (Å²) in [6.45, 7) is 2.68. The van der Waals surface area contributed by atoms with E-state index >= 15 is 0 Å². The highest BCUT2D eigenvalue weighted by atomic mass is 15.3. The van der Waals surface area contributed by atoms with Gasteiger partial charge in [0.2, 0.25) is 0 Å². The van der Waals surface area contributed by atoms with E-state index in [-0.39, 0.29) is 0 Å². The van der Waals surface area contributed by atoms with Crippen molar-refractivity contribution < 1.29 is 0 Å². The lowest BCUT2D eigenvalue weighted by atomic mass is 10.2. The summed E-state index contributed by atoms with van der Waals surface area (Å²) in [7, 11) is 0. The molecule has 0 unspecified atom stereocenters. The number of aromatic nitrogens is 3. The Bertz CT molecular complexity index is 238. The van der Waals surface area contributed by atoms with Crippen molar-refractivity contribution in [2.24, 2.45) is 5.73 Å². The van der Waals surface area contributed by atoms with E-state index in [9.17, 15) is 0 Å². The SMILES string of the molecule is CCCC(=CCN)n1cncn1. The minimum atomic E-state index is 0.551. The second-order valence-electron chi connectivity index (χ2n) is 2.52. The maximum absolute atomic E-state index is 5.43. The van der Waals surface area contributed by atoms with Gasteiger partial charge in [0, 0.05) is 12.2 Å². The normalized spacial score (nSPS) is 12.0. The Morgan fingerprint density at radius 1 is 1.67 bits per heavy atom. The number of rotatable bonds is 4. The zero-order chi connectivity index (χ0) is 8.81. The van der Waals surface area contributed by atoms with Gasteiger partial charge >= 0.3 is 0 Å². The van der Waals surface area contributed by atoms with E-state index in [4.69, 9.17) is 5.73 Å². The number of allylic oxidation sites excluding steroid dienone is 1. The fourth-order valence-corrected chi connectivity index (χ4v) is 1.06. The van der Waals surface area contributed by atoms with Crippen molar-refractivity contribution in [3.8, 4) is 0 Å². The molecule has 0 radical (unpaired) electrons. The smallest absolute Gasteiger partial charge is 0.138 e. The van der Waals surface area contributed by atoms with Gasteiger partial charge in [-0.05, 0) is 12.5 Å². The maximum atomic E-state index is 5.43. The van der Waals surface area contributed by atoms with E-state index in [0.717, 1.165) is 18.5 Å². The number of hydrogen-bond acceptors (Lipinski definition) is 3. The molecule has 0 aromatic carbocycles. The Hall–Kier alpha value is -1.16. The molecule has 2 N–H and O–H groups in total. The van der Waals surface area contributed by atoms with Gasteiger partial charge in [0.15, 0.2) is 0 Å². The Balaban J connectivity index is 2.73. The zero-order valence-electron chi connectivity index (χ0n) is 7.27. The van der Waals surface area contributed by atoms with Gasteiger partial charge in [-0.3, -0.25) is 0 Å². The third-order valence-electron chi connectivity index (χ3n) is 1.57. The molecular formula is C8H14N4. The Labute approximate surface area is 72.1 Å². The summed E-state index contributed by atoms with van der Waals surface area (Å²) in [4.78, 5) is 3.88. The van der Waals surface area contributed by atoms with Gasteiger partial charge in [-0.25, -0.2) is 9.67 Å². The molecule has 0 spiro atoms. The molecule has 4 nitrogen and oxygen atoms in total. The molecule has 1 aromatic heterocycles. The summed E-state index contributed by atoms with van der Waals surface area (Å²) in [6, 6.07) is 0. The van der Waals surface area contributed by atoms with Crippen LogP contribution in [0.2, 0.25) is 0 Å². The molecule has 0 aliphatic rings. The molecule has 0 saturated heterocycles. The molecule has 0 atom stereocenters. The fourth-order valence-electron chi connectivity index (χ4n) is 1.06. The topological polar surface area (TPSA) is 56.7 Å². The van der Waals surface area contributed by atoms with Crippen LogP contribution in [0.1, 0.15) is 19.8 Å². The third-order valence-corrected chi connectivity index (χ3v) is 1.57. The first kappa shape index (κ1) is 8.93. The molecule has 0 aliphatic carbocycles. The molecule has 1 aromatic rings. The Morgan fingerprint density at radius 3 is 3.00 bits per heavy atom. The lowest BCUT2D eigenvalue weighted by Crippen LogP contribution is -2.02. The monoisotopic (exact) mass is 166 g/mol. The van der Waals surface area contributed by atoms with Crippen LogP contribution in [0.3, 0.4) is 0 Å². The maximum Gasteiger partial charge on any atom is 0.138 e. The van der Waals surface area contributed by atoms with Crippen molar-refractivity contribution >= 4 is 5.70 Å². The van der Waals surface area contributed by atoms with Crippen molar-refractivity contribution in [3.05, 3.63) is 18.7 Å². The van der Waals surface area contributed by atoms with Crippen LogP contribution in [0.15, 0.2) is 18.7 Å². The second-order valence-corrected chi connectivity index (χ2v) is 2.52. The molecule has 66 valence electrons. The Kier molecular flexibility index (Phi) is 3.47. The van der Waals surface area contributed by atoms with Gasteiger partial charge in [0.05, 0.1) is 0 Å². The first-order valence-electron chi connectivity index (χ1n) is 4.12. The molecule has 0 bridgehead atoms. The summed E-state index contributed by atoms with van der Waals surface area (Å²) >= 11 is 0. The van der Waals surface area contributed by atoms with Crippen LogP contribution in [-0.4, -0.2) is 21.3 Å². The zero-order valence-corrected chi connectivity index (χ0v) is 7.27. The minimum Gasteiger partial charge on any atom is -0.327 e. The minimum absolute atomic E-state index is 0.551. The summed E-state index contributed by atoms with van der Waals surface area (Å²) in [6.07, 6.45) is 7.27. The van der Waals surface area contributed by atoms with Crippen LogP contribution < -0.4 is 5.73 Å². The Morgan fingerprint density at radius 2 is 2.50 bits per heavy atom. The largest absolute Gasteiger partial charge is 0.327 e. The quantitative estimate of drug-likeness (QED) is 0.722. The van der Waals surface area contributed by atoms with Crippen LogP contribution in [0.4, 0.5) is 0 Å². The van der Waals surface area contributed by atoms with Crippen LogP contribution >= 0.6 is 0 Å². The molecule has 0 saturated carbocycles. The molecular weight excluding hydrogens is 152 g/mol. The first-order chi connectivity index (χ1) is 5.88. The van der Waals surface area contributed by atoms with Gasteiger partial charge in [-0.1, -0.05) is 13.3 Å². The molecule has 4 heteroatoms. The van der Waals surface area contributed by atoms with Crippen molar-refractivity contribution in [1.29, 1.82) is 0 Å². The summed E-state index contributed by atoms with van der Waals surface area (Å²) < 4.78 is 1.76. The predicted molar refractivity (Wildman–Crippen MR) is 48.3 cm³/mol. The molecule has 0 fully saturated rings. The number of nitrogens with zero attached hydrogens (tertiary/aromatic N) is 3. The van der Waals surface area contributed by atoms with Gasteiger partial charge in [-0.15, -0.1) is 0 Å². The molecule has 0 amide bonds. The lowest BCUT2D eigenvalue weighted by molar-refractivity contribution is 0.819. The number of hydrogen-bond donors (Lipinski definition) is 1. The first-order valence-corrected chi connectivity index (χ1v) is 4.12. The van der Waals surface area contributed by atoms with Crippen LogP contribution in [0, 0.1) is 0 Å². The van der Waals surface area contributed by atoms with Crippen molar-refractivity contribution in [2.75, 3.05) is 6.54 Å². The van der Waals surface area contributed by atoms with Gasteiger partial charge in [0.1, 0.15) is 12.7 Å². The fraction of sp³-hybridized carbons (Fsp3) is 0.500. The second kappa shape index (κ2) is 4.66. The van der Waals surface area contributed by atoms with E-state index < -0.39 is 0 Å². The highest BCUT2D eigenvalue weighted by Crippen LogP contribution is 2.08. The van der Waals surface area contributed by atoms with E-state index in [1.807, 2.05) is 6.08 Å². The molecule has 1 heterocycles. The molecule has 12 heavy (non-hydrogen) atoms. The van der Waals surface area contributed by atoms with Crippen molar-refractivity contribution in [3.63, 3.8) is 0 Å². The van der Waals surface area contributed by atoms with Crippen LogP contribution in [0.5, 0.6) is 0 Å². The van der Waals surface area contributed by atoms with E-state index in [0.29, 0.717) is 6.54 Å². The van der Waals surface area contributed by atoms with E-state index in [1.165, 1.54) is 6.33 Å². The van der Waals surface area contributed by atoms with E-state index in [2.05, 4.69) is 17.0 Å². The predicted octanol–water partition coefficient (Wildman–Crippen LogP) is 0.878. The summed E-state index contributed by atoms with van der Waals surface area (Å²) in [5.74, 6) is 0. The van der Waals surface area contributed by atoms with Crippen LogP contribution in [0.25, 0.3) is 5.70 Å². The molecule has 1 rings (SSSR count). The third kappa shape index (κ3) is 2.17. The molecule has 0 aliphatic heterocycles. The highest BCUT2D eigenvalue weighted by molar-refractivity contribution is 5.42. The average molecular weight is 166 g/mol. The van der Waals surface area contributed by atoms with Gasteiger partial charge in [-0.2, -0.15) is 5.10 Å².